The van der Waals surface area contributed by atoms with Crippen LogP contribution in [0.15, 0.2) is 30.3 Å². The predicted molar refractivity (Wildman–Crippen MR) is 62.4 cm³/mol. The van der Waals surface area contributed by atoms with Gasteiger partial charge in [-0.2, -0.15) is 0 Å². The zero-order chi connectivity index (χ0) is 12.4. The molecule has 5 nitrogen and oxygen atoms in total. The number of cyclic esters (lactones) is 1. The number of benzene rings is 1. The van der Waals surface area contributed by atoms with E-state index in [0.29, 0.717) is 6.54 Å². The second kappa shape index (κ2) is 4.45. The van der Waals surface area contributed by atoms with Crippen molar-refractivity contribution < 1.29 is 14.3 Å². The van der Waals surface area contributed by atoms with Crippen molar-refractivity contribution in [2.75, 3.05) is 11.4 Å². The van der Waals surface area contributed by atoms with Crippen LogP contribution in [-0.4, -0.2) is 24.6 Å². The third-order valence-corrected chi connectivity index (χ3v) is 2.91. The van der Waals surface area contributed by atoms with E-state index in [-0.39, 0.29) is 0 Å². The first-order valence-corrected chi connectivity index (χ1v) is 5.42. The third kappa shape index (κ3) is 2.22. The van der Waals surface area contributed by atoms with Gasteiger partial charge in [-0.25, -0.2) is 4.79 Å². The zero-order valence-corrected chi connectivity index (χ0v) is 9.50. The summed E-state index contributed by atoms with van der Waals surface area (Å²) < 4.78 is 5.14. The number of rotatable bonds is 3. The molecule has 0 saturated carbocycles. The van der Waals surface area contributed by atoms with Gasteiger partial charge in [0.25, 0.3) is 0 Å². The minimum atomic E-state index is -0.479. The first kappa shape index (κ1) is 11.4. The van der Waals surface area contributed by atoms with Crippen LogP contribution in [-0.2, 0) is 9.53 Å². The first-order valence-electron chi connectivity index (χ1n) is 5.42. The second-order valence-corrected chi connectivity index (χ2v) is 4.06. The van der Waals surface area contributed by atoms with Crippen LogP contribution >= 0.6 is 0 Å². The SMILES string of the molecule is CC(C(N)=O)C1CN(c2ccccc2)C(=O)O1. The number of nitrogens with two attached hydrogens (primary N) is 1. The number of hydrogen-bond acceptors (Lipinski definition) is 3. The van der Waals surface area contributed by atoms with Crippen molar-refractivity contribution in [2.45, 2.75) is 13.0 Å². The van der Waals surface area contributed by atoms with Crippen LogP contribution in [0.5, 0.6) is 0 Å². The first-order chi connectivity index (χ1) is 8.09. The maximum absolute atomic E-state index is 11.7. The quantitative estimate of drug-likeness (QED) is 0.852. The Bertz CT molecular complexity index is 433. The lowest BCUT2D eigenvalue weighted by Gasteiger charge is -2.14. The summed E-state index contributed by atoms with van der Waals surface area (Å²) in [5.74, 6) is -0.939. The van der Waals surface area contributed by atoms with E-state index >= 15 is 0 Å². The molecule has 17 heavy (non-hydrogen) atoms. The van der Waals surface area contributed by atoms with Gasteiger partial charge in [-0.3, -0.25) is 9.69 Å². The van der Waals surface area contributed by atoms with E-state index in [9.17, 15) is 9.59 Å². The summed E-state index contributed by atoms with van der Waals surface area (Å²) in [6.07, 6.45) is -0.908. The monoisotopic (exact) mass is 234 g/mol. The van der Waals surface area contributed by atoms with Crippen molar-refractivity contribution in [3.8, 4) is 0 Å². The highest BCUT2D eigenvalue weighted by molar-refractivity contribution is 5.90. The molecule has 90 valence electrons. The molecule has 2 atom stereocenters. The fourth-order valence-electron chi connectivity index (χ4n) is 1.75. The molecule has 2 N–H and O–H groups in total. The van der Waals surface area contributed by atoms with Gasteiger partial charge in [0.2, 0.25) is 5.91 Å². The normalized spacial score (nSPS) is 21.1. The smallest absolute Gasteiger partial charge is 0.414 e. The molecule has 1 aromatic carbocycles. The van der Waals surface area contributed by atoms with E-state index in [2.05, 4.69) is 0 Å². The highest BCUT2D eigenvalue weighted by Gasteiger charge is 2.37. The molecule has 2 rings (SSSR count). The topological polar surface area (TPSA) is 72.6 Å². The average Bonchev–Trinajstić information content (AvgIpc) is 2.71. The van der Waals surface area contributed by atoms with Gasteiger partial charge < -0.3 is 10.5 Å². The van der Waals surface area contributed by atoms with Gasteiger partial charge in [-0.1, -0.05) is 18.2 Å². The third-order valence-electron chi connectivity index (χ3n) is 2.91. The molecule has 1 heterocycles. The van der Waals surface area contributed by atoms with E-state index in [1.165, 1.54) is 4.90 Å². The molecule has 1 aromatic rings. The lowest BCUT2D eigenvalue weighted by atomic mass is 10.0. The summed E-state index contributed by atoms with van der Waals surface area (Å²) in [7, 11) is 0. The Balaban J connectivity index is 2.13. The molecule has 1 saturated heterocycles. The van der Waals surface area contributed by atoms with Gasteiger partial charge >= 0.3 is 6.09 Å². The van der Waals surface area contributed by atoms with Gasteiger partial charge in [-0.15, -0.1) is 0 Å². The Morgan fingerprint density at radius 2 is 2.12 bits per heavy atom. The Kier molecular flexibility index (Phi) is 2.99. The van der Waals surface area contributed by atoms with Crippen LogP contribution in [0.3, 0.4) is 0 Å². The Hall–Kier alpha value is -2.04. The van der Waals surface area contributed by atoms with Crippen molar-refractivity contribution in [3.63, 3.8) is 0 Å². The van der Waals surface area contributed by atoms with Crippen LogP contribution in [0.4, 0.5) is 10.5 Å². The predicted octanol–water partition coefficient (Wildman–Crippen LogP) is 1.13. The molecule has 1 fully saturated rings. The molecule has 2 amide bonds. The molecule has 0 aliphatic carbocycles. The molecule has 0 bridgehead atoms. The minimum Gasteiger partial charge on any atom is -0.443 e. The number of carbonyl (C=O) groups is 2. The number of carbonyl (C=O) groups excluding carboxylic acids is 2. The number of nitrogens with zero attached hydrogens (tertiary/aromatic N) is 1. The van der Waals surface area contributed by atoms with Crippen LogP contribution < -0.4 is 10.6 Å². The average molecular weight is 234 g/mol. The van der Waals surface area contributed by atoms with E-state index in [1.54, 1.807) is 6.92 Å². The largest absolute Gasteiger partial charge is 0.443 e. The standard InChI is InChI=1S/C12H14N2O3/c1-8(11(13)15)10-7-14(12(16)17-10)9-5-3-2-4-6-9/h2-6,8,10H,7H2,1H3,(H2,13,15). The fraction of sp³-hybridized carbons (Fsp3) is 0.333. The zero-order valence-electron chi connectivity index (χ0n) is 9.50. The van der Waals surface area contributed by atoms with Crippen molar-refractivity contribution in [2.24, 2.45) is 11.7 Å². The molecule has 1 aliphatic heterocycles. The van der Waals surface area contributed by atoms with Crippen molar-refractivity contribution >= 4 is 17.7 Å². The van der Waals surface area contributed by atoms with Gasteiger partial charge in [0.05, 0.1) is 12.5 Å². The van der Waals surface area contributed by atoms with Gasteiger partial charge in [0.15, 0.2) is 0 Å². The fourth-order valence-corrected chi connectivity index (χ4v) is 1.75. The molecule has 2 unspecified atom stereocenters. The molecule has 0 aromatic heterocycles. The van der Waals surface area contributed by atoms with Crippen molar-refractivity contribution in [1.29, 1.82) is 0 Å². The maximum atomic E-state index is 11.7. The lowest BCUT2D eigenvalue weighted by molar-refractivity contribution is -0.123. The lowest BCUT2D eigenvalue weighted by Crippen LogP contribution is -2.34. The molecule has 0 radical (unpaired) electrons. The molecule has 1 aliphatic rings. The van der Waals surface area contributed by atoms with Crippen molar-refractivity contribution in [3.05, 3.63) is 30.3 Å². The van der Waals surface area contributed by atoms with Gasteiger partial charge in [0, 0.05) is 5.69 Å². The van der Waals surface area contributed by atoms with E-state index in [4.69, 9.17) is 10.5 Å². The minimum absolute atomic E-state index is 0.354. The summed E-state index contributed by atoms with van der Waals surface area (Å²) in [4.78, 5) is 24.2. The Labute approximate surface area is 99.2 Å². The molecular weight excluding hydrogens is 220 g/mol. The van der Waals surface area contributed by atoms with E-state index in [0.717, 1.165) is 5.69 Å². The molecular formula is C12H14N2O3. The summed E-state index contributed by atoms with van der Waals surface area (Å²) >= 11 is 0. The summed E-state index contributed by atoms with van der Waals surface area (Å²) in [5.41, 5.74) is 5.96. The van der Waals surface area contributed by atoms with Crippen LogP contribution in [0.1, 0.15) is 6.92 Å². The van der Waals surface area contributed by atoms with Crippen LogP contribution in [0.25, 0.3) is 0 Å². The van der Waals surface area contributed by atoms with Crippen LogP contribution in [0, 0.1) is 5.92 Å². The van der Waals surface area contributed by atoms with Crippen molar-refractivity contribution in [1.82, 2.24) is 0 Å². The van der Waals surface area contributed by atoms with Gasteiger partial charge in [0.1, 0.15) is 6.10 Å². The number of para-hydroxylation sites is 1. The summed E-state index contributed by atoms with van der Waals surface area (Å²) in [5, 5.41) is 0. The number of anilines is 1. The summed E-state index contributed by atoms with van der Waals surface area (Å²) in [6.45, 7) is 2.02. The molecule has 5 heteroatoms. The Morgan fingerprint density at radius 1 is 1.47 bits per heavy atom. The highest BCUT2D eigenvalue weighted by atomic mass is 16.6. The van der Waals surface area contributed by atoms with Crippen LogP contribution in [0.2, 0.25) is 0 Å². The number of hydrogen-bond donors (Lipinski definition) is 1. The highest BCUT2D eigenvalue weighted by Crippen LogP contribution is 2.24. The summed E-state index contributed by atoms with van der Waals surface area (Å²) in [6, 6.07) is 9.19. The van der Waals surface area contributed by atoms with E-state index in [1.807, 2.05) is 30.3 Å². The maximum Gasteiger partial charge on any atom is 0.414 e. The number of ether oxygens (including phenoxy) is 1. The Morgan fingerprint density at radius 3 is 2.71 bits per heavy atom. The van der Waals surface area contributed by atoms with E-state index < -0.39 is 24.0 Å². The second-order valence-electron chi connectivity index (χ2n) is 4.06. The molecule has 0 spiro atoms. The number of amides is 2. The number of primary amides is 1. The van der Waals surface area contributed by atoms with Gasteiger partial charge in [-0.05, 0) is 19.1 Å².